The van der Waals surface area contributed by atoms with Gasteiger partial charge < -0.3 is 5.73 Å². The maximum atomic E-state index is 12.8. The molecule has 0 heterocycles. The Hall–Kier alpha value is -0.680. The van der Waals surface area contributed by atoms with Crippen molar-refractivity contribution in [3.8, 4) is 0 Å². The highest BCUT2D eigenvalue weighted by molar-refractivity contribution is 7.99. The van der Waals surface area contributed by atoms with Crippen LogP contribution < -0.4 is 5.73 Å². The van der Waals surface area contributed by atoms with Gasteiger partial charge in [0.1, 0.15) is 0 Å². The van der Waals surface area contributed by atoms with Gasteiger partial charge in [-0.2, -0.15) is 13.2 Å². The topological polar surface area (TPSA) is 26.0 Å². The molecule has 0 unspecified atom stereocenters. The first-order valence-corrected chi connectivity index (χ1v) is 6.50. The molecule has 96 valence electrons. The fourth-order valence-corrected chi connectivity index (χ4v) is 2.53. The van der Waals surface area contributed by atoms with E-state index in [0.717, 1.165) is 18.9 Å². The average molecular weight is 263 g/mol. The van der Waals surface area contributed by atoms with Gasteiger partial charge in [0.25, 0.3) is 0 Å². The molecule has 0 saturated heterocycles. The van der Waals surface area contributed by atoms with Crippen molar-refractivity contribution < 1.29 is 13.2 Å². The molecule has 0 fully saturated rings. The average Bonchev–Trinajstić information content (AvgIpc) is 2.28. The molecule has 1 nitrogen and oxygen atoms in total. The van der Waals surface area contributed by atoms with E-state index in [1.54, 1.807) is 6.07 Å². The molecule has 0 saturated carbocycles. The Morgan fingerprint density at radius 1 is 1.29 bits per heavy atom. The molecule has 1 aromatic rings. The molecule has 1 rings (SSSR count). The lowest BCUT2D eigenvalue weighted by atomic mass is 10.1. The Labute approximate surface area is 104 Å². The summed E-state index contributed by atoms with van der Waals surface area (Å²) in [5.74, 6) is 0.710. The Morgan fingerprint density at radius 3 is 2.53 bits per heavy atom. The number of rotatable bonds is 5. The standard InChI is InChI=1S/C12H16F3NS/c1-2-3-6-17-11-5-4-9(8-16)7-10(11)12(13,14)15/h4-5,7H,2-3,6,8,16H2,1H3. The summed E-state index contributed by atoms with van der Waals surface area (Å²) < 4.78 is 38.5. The minimum atomic E-state index is -4.31. The van der Waals surface area contributed by atoms with Crippen molar-refractivity contribution in [2.24, 2.45) is 5.73 Å². The summed E-state index contributed by atoms with van der Waals surface area (Å²) in [6.07, 6.45) is -2.41. The van der Waals surface area contributed by atoms with Gasteiger partial charge in [0.2, 0.25) is 0 Å². The number of hydrogen-bond acceptors (Lipinski definition) is 2. The fraction of sp³-hybridized carbons (Fsp3) is 0.500. The molecule has 1 aromatic carbocycles. The van der Waals surface area contributed by atoms with Gasteiger partial charge in [0.05, 0.1) is 5.56 Å². The number of unbranched alkanes of at least 4 members (excludes halogenated alkanes) is 1. The van der Waals surface area contributed by atoms with E-state index in [1.165, 1.54) is 17.8 Å². The first-order valence-electron chi connectivity index (χ1n) is 5.52. The molecule has 17 heavy (non-hydrogen) atoms. The van der Waals surface area contributed by atoms with Crippen molar-refractivity contribution in [2.75, 3.05) is 5.75 Å². The van der Waals surface area contributed by atoms with Crippen LogP contribution >= 0.6 is 11.8 Å². The maximum absolute atomic E-state index is 12.8. The number of benzene rings is 1. The van der Waals surface area contributed by atoms with Gasteiger partial charge in [0.15, 0.2) is 0 Å². The highest BCUT2D eigenvalue weighted by atomic mass is 32.2. The van der Waals surface area contributed by atoms with Crippen molar-refractivity contribution in [2.45, 2.75) is 37.4 Å². The molecule has 0 spiro atoms. The largest absolute Gasteiger partial charge is 0.417 e. The lowest BCUT2D eigenvalue weighted by Crippen LogP contribution is -2.09. The molecule has 0 aliphatic carbocycles. The number of hydrogen-bond donors (Lipinski definition) is 1. The zero-order chi connectivity index (χ0) is 12.9. The molecular formula is C12H16F3NS. The third-order valence-electron chi connectivity index (χ3n) is 2.34. The van der Waals surface area contributed by atoms with E-state index in [2.05, 4.69) is 0 Å². The predicted octanol–water partition coefficient (Wildman–Crippen LogP) is 4.06. The first kappa shape index (κ1) is 14.4. The minimum absolute atomic E-state index is 0.128. The minimum Gasteiger partial charge on any atom is -0.326 e. The zero-order valence-corrected chi connectivity index (χ0v) is 10.5. The summed E-state index contributed by atoms with van der Waals surface area (Å²) in [7, 11) is 0. The van der Waals surface area contributed by atoms with E-state index in [0.29, 0.717) is 16.2 Å². The summed E-state index contributed by atoms with van der Waals surface area (Å²) in [5.41, 5.74) is 5.30. The summed E-state index contributed by atoms with van der Waals surface area (Å²) >= 11 is 1.26. The molecule has 0 bridgehead atoms. The molecule has 0 radical (unpaired) electrons. The van der Waals surface area contributed by atoms with Crippen molar-refractivity contribution in [1.29, 1.82) is 0 Å². The molecule has 0 atom stereocenters. The SMILES string of the molecule is CCCCSc1ccc(CN)cc1C(F)(F)F. The van der Waals surface area contributed by atoms with Crippen LogP contribution in [0.5, 0.6) is 0 Å². The highest BCUT2D eigenvalue weighted by Gasteiger charge is 2.33. The molecule has 0 aromatic heterocycles. The van der Waals surface area contributed by atoms with Crippen molar-refractivity contribution >= 4 is 11.8 Å². The highest BCUT2D eigenvalue weighted by Crippen LogP contribution is 2.37. The summed E-state index contributed by atoms with van der Waals surface area (Å²) in [6.45, 7) is 2.14. The number of halogens is 3. The van der Waals surface area contributed by atoms with Crippen molar-refractivity contribution in [3.63, 3.8) is 0 Å². The number of alkyl halides is 3. The second-order valence-corrected chi connectivity index (χ2v) is 4.87. The van der Waals surface area contributed by atoms with Crippen LogP contribution in [-0.2, 0) is 12.7 Å². The van der Waals surface area contributed by atoms with Crippen LogP contribution in [0.15, 0.2) is 23.1 Å². The van der Waals surface area contributed by atoms with E-state index < -0.39 is 11.7 Å². The summed E-state index contributed by atoms with van der Waals surface area (Å²) in [6, 6.07) is 4.32. The van der Waals surface area contributed by atoms with Gasteiger partial charge >= 0.3 is 6.18 Å². The second kappa shape index (κ2) is 6.31. The van der Waals surface area contributed by atoms with Crippen LogP contribution in [-0.4, -0.2) is 5.75 Å². The van der Waals surface area contributed by atoms with E-state index >= 15 is 0 Å². The predicted molar refractivity (Wildman–Crippen MR) is 65.0 cm³/mol. The Bertz CT molecular complexity index is 363. The second-order valence-electron chi connectivity index (χ2n) is 3.73. The maximum Gasteiger partial charge on any atom is 0.417 e. The van der Waals surface area contributed by atoms with Gasteiger partial charge in [0, 0.05) is 11.4 Å². The van der Waals surface area contributed by atoms with Crippen LogP contribution in [0.25, 0.3) is 0 Å². The normalized spacial score (nSPS) is 11.8. The van der Waals surface area contributed by atoms with E-state index in [-0.39, 0.29) is 6.54 Å². The smallest absolute Gasteiger partial charge is 0.326 e. The molecule has 0 aliphatic rings. The van der Waals surface area contributed by atoms with Gasteiger partial charge in [-0.1, -0.05) is 19.4 Å². The van der Waals surface area contributed by atoms with E-state index in [1.807, 2.05) is 6.92 Å². The third kappa shape index (κ3) is 4.24. The van der Waals surface area contributed by atoms with E-state index in [9.17, 15) is 13.2 Å². The lowest BCUT2D eigenvalue weighted by Gasteiger charge is -2.13. The summed E-state index contributed by atoms with van der Waals surface area (Å²) in [5, 5.41) is 0. The quantitative estimate of drug-likeness (QED) is 0.640. The summed E-state index contributed by atoms with van der Waals surface area (Å²) in [4.78, 5) is 0.295. The Morgan fingerprint density at radius 2 is 2.00 bits per heavy atom. The van der Waals surface area contributed by atoms with Gasteiger partial charge in [-0.15, -0.1) is 11.8 Å². The van der Waals surface area contributed by atoms with Gasteiger partial charge in [-0.05, 0) is 29.9 Å². The molecule has 2 N–H and O–H groups in total. The van der Waals surface area contributed by atoms with Crippen molar-refractivity contribution in [1.82, 2.24) is 0 Å². The number of nitrogens with two attached hydrogens (primary N) is 1. The third-order valence-corrected chi connectivity index (χ3v) is 3.50. The first-order chi connectivity index (χ1) is 7.99. The van der Waals surface area contributed by atoms with E-state index in [4.69, 9.17) is 5.73 Å². The Kier molecular flexibility index (Phi) is 5.33. The van der Waals surface area contributed by atoms with Crippen LogP contribution in [0.4, 0.5) is 13.2 Å². The fourth-order valence-electron chi connectivity index (χ4n) is 1.38. The van der Waals surface area contributed by atoms with Crippen LogP contribution in [0.2, 0.25) is 0 Å². The van der Waals surface area contributed by atoms with Crippen LogP contribution in [0.1, 0.15) is 30.9 Å². The molecular weight excluding hydrogens is 247 g/mol. The Balaban J connectivity index is 2.95. The monoisotopic (exact) mass is 263 g/mol. The van der Waals surface area contributed by atoms with Crippen LogP contribution in [0, 0.1) is 0 Å². The van der Waals surface area contributed by atoms with Gasteiger partial charge in [-0.3, -0.25) is 0 Å². The molecule has 5 heteroatoms. The van der Waals surface area contributed by atoms with Crippen LogP contribution in [0.3, 0.4) is 0 Å². The zero-order valence-electron chi connectivity index (χ0n) is 9.68. The number of thioether (sulfide) groups is 1. The lowest BCUT2D eigenvalue weighted by molar-refractivity contribution is -0.139. The molecule has 0 amide bonds. The molecule has 0 aliphatic heterocycles. The van der Waals surface area contributed by atoms with Crippen molar-refractivity contribution in [3.05, 3.63) is 29.3 Å². The van der Waals surface area contributed by atoms with Gasteiger partial charge in [-0.25, -0.2) is 0 Å².